The quantitative estimate of drug-likeness (QED) is 0.584. The van der Waals surface area contributed by atoms with E-state index in [0.717, 1.165) is 12.0 Å². The number of anilines is 1. The van der Waals surface area contributed by atoms with Crippen molar-refractivity contribution >= 4 is 17.3 Å². The van der Waals surface area contributed by atoms with E-state index in [1.165, 1.54) is 12.1 Å². The van der Waals surface area contributed by atoms with Gasteiger partial charge in [-0.1, -0.05) is 13.3 Å². The van der Waals surface area contributed by atoms with Crippen molar-refractivity contribution in [2.75, 3.05) is 5.32 Å². The zero-order chi connectivity index (χ0) is 14.4. The molecule has 0 saturated heterocycles. The topological polar surface area (TPSA) is 92.5 Å². The Bertz CT molecular complexity index is 474. The largest absolute Gasteiger partial charge is 0.481 e. The Kier molecular flexibility index (Phi) is 5.29. The van der Waals surface area contributed by atoms with Crippen molar-refractivity contribution in [1.82, 2.24) is 0 Å². The number of aliphatic carboxylic acids is 1. The molecule has 0 amide bonds. The Morgan fingerprint density at radius 2 is 2.16 bits per heavy atom. The van der Waals surface area contributed by atoms with E-state index in [1.807, 2.05) is 6.92 Å². The number of nitrogens with zero attached hydrogens (tertiary/aromatic N) is 1. The molecule has 0 aromatic heterocycles. The lowest BCUT2D eigenvalue weighted by Gasteiger charge is -2.17. The highest BCUT2D eigenvalue weighted by molar-refractivity contribution is 5.68. The summed E-state index contributed by atoms with van der Waals surface area (Å²) in [6, 6.07) is 4.47. The predicted octanol–water partition coefficient (Wildman–Crippen LogP) is 2.96. The van der Waals surface area contributed by atoms with E-state index in [2.05, 4.69) is 5.32 Å². The average molecular weight is 266 g/mol. The van der Waals surface area contributed by atoms with Crippen LogP contribution in [0.2, 0.25) is 0 Å². The first-order valence-corrected chi connectivity index (χ1v) is 6.16. The second kappa shape index (κ2) is 6.72. The molecule has 0 fully saturated rings. The van der Waals surface area contributed by atoms with Gasteiger partial charge in [-0.25, -0.2) is 0 Å². The molecule has 6 nitrogen and oxygen atoms in total. The second-order valence-electron chi connectivity index (χ2n) is 4.54. The van der Waals surface area contributed by atoms with Gasteiger partial charge in [0.05, 0.1) is 11.3 Å². The van der Waals surface area contributed by atoms with Gasteiger partial charge in [0.25, 0.3) is 5.69 Å². The van der Waals surface area contributed by atoms with Crippen molar-refractivity contribution in [2.24, 2.45) is 0 Å². The van der Waals surface area contributed by atoms with Gasteiger partial charge < -0.3 is 10.4 Å². The van der Waals surface area contributed by atoms with Gasteiger partial charge >= 0.3 is 5.97 Å². The van der Waals surface area contributed by atoms with Crippen LogP contribution in [-0.4, -0.2) is 22.0 Å². The lowest BCUT2D eigenvalue weighted by molar-refractivity contribution is -0.384. The van der Waals surface area contributed by atoms with Crippen LogP contribution in [0.5, 0.6) is 0 Å². The molecule has 1 rings (SSSR count). The van der Waals surface area contributed by atoms with Crippen molar-refractivity contribution in [2.45, 2.75) is 39.2 Å². The number of carboxylic acids is 1. The molecule has 1 unspecified atom stereocenters. The smallest absolute Gasteiger partial charge is 0.305 e. The summed E-state index contributed by atoms with van der Waals surface area (Å²) in [5, 5.41) is 22.7. The van der Waals surface area contributed by atoms with E-state index in [0.29, 0.717) is 12.1 Å². The third-order valence-corrected chi connectivity index (χ3v) is 2.70. The Balaban J connectivity index is 2.88. The highest BCUT2D eigenvalue weighted by Gasteiger charge is 2.14. The van der Waals surface area contributed by atoms with Crippen molar-refractivity contribution in [1.29, 1.82) is 0 Å². The van der Waals surface area contributed by atoms with Gasteiger partial charge in [0.15, 0.2) is 0 Å². The van der Waals surface area contributed by atoms with Gasteiger partial charge in [0, 0.05) is 23.9 Å². The summed E-state index contributed by atoms with van der Waals surface area (Å²) >= 11 is 0. The molecule has 0 aliphatic carbocycles. The summed E-state index contributed by atoms with van der Waals surface area (Å²) in [5.41, 5.74) is 1.36. The number of rotatable bonds is 7. The molecular weight excluding hydrogens is 248 g/mol. The van der Waals surface area contributed by atoms with E-state index in [-0.39, 0.29) is 18.2 Å². The number of hydrogen-bond donors (Lipinski definition) is 2. The summed E-state index contributed by atoms with van der Waals surface area (Å²) in [6.07, 6.45) is 1.54. The van der Waals surface area contributed by atoms with Crippen molar-refractivity contribution in [3.8, 4) is 0 Å². The number of carboxylic acid groups (broad SMARTS) is 1. The molecule has 0 bridgehead atoms. The zero-order valence-corrected chi connectivity index (χ0v) is 11.0. The molecular formula is C13H18N2O4. The van der Waals surface area contributed by atoms with Gasteiger partial charge in [0.1, 0.15) is 0 Å². The maximum absolute atomic E-state index is 10.8. The zero-order valence-electron chi connectivity index (χ0n) is 11.0. The first-order chi connectivity index (χ1) is 8.92. The van der Waals surface area contributed by atoms with Crippen LogP contribution in [-0.2, 0) is 4.79 Å². The van der Waals surface area contributed by atoms with E-state index < -0.39 is 10.9 Å². The maximum atomic E-state index is 10.8. The number of nitro groups is 1. The van der Waals surface area contributed by atoms with Crippen LogP contribution in [0.1, 0.15) is 31.7 Å². The molecule has 6 heteroatoms. The molecule has 0 spiro atoms. The van der Waals surface area contributed by atoms with Crippen LogP contribution >= 0.6 is 0 Å². The fourth-order valence-electron chi connectivity index (χ4n) is 1.97. The molecule has 1 aromatic rings. The molecule has 0 radical (unpaired) electrons. The van der Waals surface area contributed by atoms with E-state index >= 15 is 0 Å². The van der Waals surface area contributed by atoms with E-state index in [4.69, 9.17) is 5.11 Å². The van der Waals surface area contributed by atoms with Crippen molar-refractivity contribution in [3.63, 3.8) is 0 Å². The summed E-state index contributed by atoms with van der Waals surface area (Å²) in [7, 11) is 0. The number of hydrogen-bond acceptors (Lipinski definition) is 4. The number of benzene rings is 1. The average Bonchev–Trinajstić information content (AvgIpc) is 2.27. The molecule has 1 atom stereocenters. The summed E-state index contributed by atoms with van der Waals surface area (Å²) in [6.45, 7) is 3.74. The van der Waals surface area contributed by atoms with E-state index in [9.17, 15) is 14.9 Å². The fraction of sp³-hybridized carbons (Fsp3) is 0.462. The highest BCUT2D eigenvalue weighted by Crippen LogP contribution is 2.22. The molecule has 0 saturated carbocycles. The third kappa shape index (κ3) is 4.95. The number of carbonyl (C=O) groups is 1. The predicted molar refractivity (Wildman–Crippen MR) is 72.4 cm³/mol. The minimum atomic E-state index is -0.881. The van der Waals surface area contributed by atoms with E-state index in [1.54, 1.807) is 13.0 Å². The van der Waals surface area contributed by atoms with Gasteiger partial charge in [0.2, 0.25) is 0 Å². The molecule has 2 N–H and O–H groups in total. The molecule has 0 aliphatic rings. The number of nitrogens with one attached hydrogen (secondary N) is 1. The van der Waals surface area contributed by atoms with Crippen molar-refractivity contribution in [3.05, 3.63) is 33.9 Å². The summed E-state index contributed by atoms with van der Waals surface area (Å²) in [4.78, 5) is 21.1. The minimum Gasteiger partial charge on any atom is -0.481 e. The van der Waals surface area contributed by atoms with Gasteiger partial charge in [-0.2, -0.15) is 0 Å². The monoisotopic (exact) mass is 266 g/mol. The fourth-order valence-corrected chi connectivity index (χ4v) is 1.97. The minimum absolute atomic E-state index is 0.00439. The lowest BCUT2D eigenvalue weighted by atomic mass is 10.1. The maximum Gasteiger partial charge on any atom is 0.305 e. The van der Waals surface area contributed by atoms with Crippen molar-refractivity contribution < 1.29 is 14.8 Å². The Labute approximate surface area is 111 Å². The lowest BCUT2D eigenvalue weighted by Crippen LogP contribution is -2.23. The van der Waals surface area contributed by atoms with Crippen LogP contribution in [0, 0.1) is 17.0 Å². The normalized spacial score (nSPS) is 11.9. The molecule has 0 heterocycles. The molecule has 0 aliphatic heterocycles. The SMILES string of the molecule is CCCC(CC(=O)O)Nc1cc(C)cc([N+](=O)[O-])c1. The van der Waals surface area contributed by atoms with Crippen LogP contribution < -0.4 is 5.32 Å². The van der Waals surface area contributed by atoms with Crippen LogP contribution in [0.3, 0.4) is 0 Å². The van der Waals surface area contributed by atoms with Gasteiger partial charge in [-0.05, 0) is 25.0 Å². The Morgan fingerprint density at radius 3 is 2.68 bits per heavy atom. The van der Waals surface area contributed by atoms with Crippen LogP contribution in [0.4, 0.5) is 11.4 Å². The Hall–Kier alpha value is -2.11. The standard InChI is InChI=1S/C13H18N2O4/c1-3-4-10(8-13(16)17)14-11-5-9(2)6-12(7-11)15(18)19/h5-7,10,14H,3-4,8H2,1-2H3,(H,16,17). The first-order valence-electron chi connectivity index (χ1n) is 6.16. The number of aryl methyl sites for hydroxylation is 1. The second-order valence-corrected chi connectivity index (χ2v) is 4.54. The Morgan fingerprint density at radius 1 is 1.47 bits per heavy atom. The van der Waals surface area contributed by atoms with Gasteiger partial charge in [-0.15, -0.1) is 0 Å². The summed E-state index contributed by atoms with van der Waals surface area (Å²) in [5.74, 6) is -0.881. The number of nitro benzene ring substituents is 1. The van der Waals surface area contributed by atoms with Gasteiger partial charge in [-0.3, -0.25) is 14.9 Å². The summed E-state index contributed by atoms with van der Waals surface area (Å²) < 4.78 is 0. The first kappa shape index (κ1) is 14.9. The highest BCUT2D eigenvalue weighted by atomic mass is 16.6. The molecule has 1 aromatic carbocycles. The molecule has 104 valence electrons. The van der Waals surface area contributed by atoms with Crippen LogP contribution in [0.25, 0.3) is 0 Å². The van der Waals surface area contributed by atoms with Crippen LogP contribution in [0.15, 0.2) is 18.2 Å². The number of non-ortho nitro benzene ring substituents is 1. The third-order valence-electron chi connectivity index (χ3n) is 2.70. The molecule has 19 heavy (non-hydrogen) atoms.